The van der Waals surface area contributed by atoms with E-state index in [0.29, 0.717) is 70.3 Å². The molecule has 0 radical (unpaired) electrons. The van der Waals surface area contributed by atoms with Crippen LogP contribution >= 0.6 is 11.8 Å². The van der Waals surface area contributed by atoms with Crippen LogP contribution in [0.1, 0.15) is 142 Å². The van der Waals surface area contributed by atoms with Crippen LogP contribution < -0.4 is 25.6 Å². The van der Waals surface area contributed by atoms with Crippen molar-refractivity contribution in [1.82, 2.24) is 29.6 Å². The molecule has 5 aliphatic rings. The number of nitrogens with one attached hydrogen (secondary N) is 4. The van der Waals surface area contributed by atoms with Crippen molar-refractivity contribution in [3.8, 4) is 0 Å². The van der Waals surface area contributed by atoms with Crippen molar-refractivity contribution < 1.29 is 58.8 Å². The molecule has 4 aromatic carbocycles. The molecule has 4 heterocycles. The Morgan fingerprint density at radius 2 is 1.48 bits per heavy atom. The van der Waals surface area contributed by atoms with Gasteiger partial charge in [-0.2, -0.15) is 13.2 Å². The highest BCUT2D eigenvalue weighted by molar-refractivity contribution is 7.99. The average molecular weight is 1330 g/mol. The van der Waals surface area contributed by atoms with Crippen molar-refractivity contribution >= 4 is 84.1 Å². The van der Waals surface area contributed by atoms with Crippen molar-refractivity contribution in [2.75, 3.05) is 93.3 Å². The molecule has 3 saturated heterocycles. The van der Waals surface area contributed by atoms with E-state index in [1.165, 1.54) is 40.6 Å². The summed E-state index contributed by atoms with van der Waals surface area (Å²) in [4.78, 5) is 85.4. The Kier molecular flexibility index (Phi) is 22.9. The summed E-state index contributed by atoms with van der Waals surface area (Å²) in [5.74, 6) is -3.01. The quantitative estimate of drug-likeness (QED) is 0.0235. The Balaban J connectivity index is 0.750. The topological polar surface area (TPSA) is 235 Å². The number of nitrogens with zero attached hydrogens (tertiary/aromatic N) is 5. The number of hydrogen-bond acceptors (Lipinski definition) is 16. The van der Waals surface area contributed by atoms with E-state index in [-0.39, 0.29) is 46.6 Å². The number of sulfone groups is 1. The molecule has 4 aliphatic heterocycles. The average Bonchev–Trinajstić information content (AvgIpc) is 1.36. The smallest absolute Gasteiger partial charge is 0.385 e. The number of piperidine rings is 1. The first-order valence-corrected chi connectivity index (χ1v) is 35.8. The van der Waals surface area contributed by atoms with Crippen molar-refractivity contribution in [3.63, 3.8) is 0 Å². The number of anilines is 3. The molecule has 0 bridgehead atoms. The molecular formula is C67H84F3N9O10S3. The fourth-order valence-corrected chi connectivity index (χ4v) is 15.5. The Hall–Kier alpha value is -7.06. The third kappa shape index (κ3) is 17.4. The third-order valence-corrected chi connectivity index (χ3v) is 22.0. The van der Waals surface area contributed by atoms with Gasteiger partial charge in [-0.05, 0) is 142 Å². The number of hydrogen-bond donors (Lipinski definition) is 4. The number of fused-ring (bicyclic) bond motifs is 1. The van der Waals surface area contributed by atoms with E-state index in [4.69, 9.17) is 0 Å². The summed E-state index contributed by atoms with van der Waals surface area (Å²) in [7, 11) is -11.1. The van der Waals surface area contributed by atoms with Crippen molar-refractivity contribution in [1.29, 1.82) is 0 Å². The maximum absolute atomic E-state index is 14.5. The molecule has 496 valence electrons. The number of carbonyl (C=O) groups excluding carboxylic acids is 6. The van der Waals surface area contributed by atoms with Crippen molar-refractivity contribution in [2.45, 2.75) is 143 Å². The van der Waals surface area contributed by atoms with Gasteiger partial charge in [0.15, 0.2) is 0 Å². The number of halogens is 3. The lowest BCUT2D eigenvalue weighted by molar-refractivity contribution is -0.136. The molecule has 0 saturated carbocycles. The number of benzene rings is 4. The van der Waals surface area contributed by atoms with E-state index in [9.17, 15) is 58.8 Å². The second-order valence-corrected chi connectivity index (χ2v) is 29.9. The van der Waals surface area contributed by atoms with Gasteiger partial charge in [0, 0.05) is 118 Å². The van der Waals surface area contributed by atoms with E-state index >= 15 is 0 Å². The minimum Gasteiger partial charge on any atom is -0.385 e. The molecule has 0 spiro atoms. The SMILES string of the molecule is C=C(CCCC)C1=C(CN2CCN(c3ccc(C(=O)NS(=O)(=O)c4ccc(N[C@H](CCN5CCN(C(=O)CCCCCCNc6ccc7c(c6)C(=O)N(C6CCC(=O)NC6=O)C7=O)CC5)CSc5ccccc5)c(S(=O)(=O)C(F)(F)F)c4)cc3)CC2)CCC(C)(C)C1. The number of unbranched alkanes of at least 4 members (excludes halogenated alkanes) is 4. The zero-order chi connectivity index (χ0) is 66.0. The number of thioether (sulfide) groups is 1. The van der Waals surface area contributed by atoms with Crippen molar-refractivity contribution in [3.05, 3.63) is 131 Å². The summed E-state index contributed by atoms with van der Waals surface area (Å²) in [6.45, 7) is 18.3. The second-order valence-electron chi connectivity index (χ2n) is 25.3. The summed E-state index contributed by atoms with van der Waals surface area (Å²) in [5.41, 5.74) is -0.00577. The molecule has 9 rings (SSSR count). The van der Waals surface area contributed by atoms with Gasteiger partial charge in [-0.1, -0.05) is 76.0 Å². The van der Waals surface area contributed by atoms with Crippen LogP contribution in [0.5, 0.6) is 0 Å². The van der Waals surface area contributed by atoms with Crippen LogP contribution in [-0.4, -0.2) is 167 Å². The van der Waals surface area contributed by atoms with E-state index in [1.54, 1.807) is 30.3 Å². The lowest BCUT2D eigenvalue weighted by Gasteiger charge is -2.39. The molecule has 1 aliphatic carbocycles. The first kappa shape index (κ1) is 69.3. The summed E-state index contributed by atoms with van der Waals surface area (Å²) in [6.07, 6.45) is 10.4. The maximum Gasteiger partial charge on any atom is 0.501 e. The number of rotatable bonds is 28. The standard InChI is InChI=1S/C67H84F3N9O10S3/c1-5-6-14-46(2)56-43-66(3,4)30-28-48(56)44-76-35-37-77(38-36-76)51-21-18-47(19-22-51)62(82)74-92(88,89)53-23-25-57(59(42-53)91(86,87)67(68,69)70)72-50(45-90-52-15-10-9-11-16-52)29-32-75-33-39-78(40-34-75)61(81)17-12-7-8-13-31-71-49-20-24-54-55(41-49)65(85)79(64(54)84)58-26-27-60(80)73-63(58)83/h9-11,15-16,18-25,41-42,50,58,71-72H,2,5-8,12-14,17,26-40,43-45H2,1,3-4H3,(H,74,82)(H,73,80,83)/t50-,58?/m1/s1. The summed E-state index contributed by atoms with van der Waals surface area (Å²) in [5, 5.41) is 8.49. The number of sulfonamides is 1. The fourth-order valence-electron chi connectivity index (χ4n) is 12.5. The fraction of sp³-hybridized carbons (Fsp3) is 0.493. The molecule has 25 heteroatoms. The highest BCUT2D eigenvalue weighted by Crippen LogP contribution is 2.43. The lowest BCUT2D eigenvalue weighted by Crippen LogP contribution is -2.54. The Labute approximate surface area is 542 Å². The number of piperazine rings is 2. The van der Waals surface area contributed by atoms with Crippen LogP contribution in [0.2, 0.25) is 0 Å². The van der Waals surface area contributed by atoms with Gasteiger partial charge in [-0.15, -0.1) is 11.8 Å². The van der Waals surface area contributed by atoms with Crippen LogP contribution in [0.15, 0.2) is 129 Å². The zero-order valence-corrected chi connectivity index (χ0v) is 55.0. The van der Waals surface area contributed by atoms with Gasteiger partial charge in [0.1, 0.15) is 10.9 Å². The number of carbonyl (C=O) groups is 6. The molecule has 6 amide bonds. The first-order valence-electron chi connectivity index (χ1n) is 31.8. The molecule has 0 aromatic heterocycles. The van der Waals surface area contributed by atoms with Gasteiger partial charge < -0.3 is 20.4 Å². The largest absolute Gasteiger partial charge is 0.501 e. The van der Waals surface area contributed by atoms with Gasteiger partial charge in [0.25, 0.3) is 37.6 Å². The van der Waals surface area contributed by atoms with Crippen LogP contribution in [0.3, 0.4) is 0 Å². The Morgan fingerprint density at radius 3 is 2.17 bits per heavy atom. The van der Waals surface area contributed by atoms with E-state index in [2.05, 4.69) is 58.0 Å². The normalized spacial score (nSPS) is 18.8. The second kappa shape index (κ2) is 30.3. The van der Waals surface area contributed by atoms with Crippen LogP contribution in [-0.2, 0) is 34.2 Å². The van der Waals surface area contributed by atoms with Crippen LogP contribution in [0.25, 0.3) is 0 Å². The molecule has 19 nitrogen and oxygen atoms in total. The van der Waals surface area contributed by atoms with Gasteiger partial charge in [-0.25, -0.2) is 21.6 Å². The van der Waals surface area contributed by atoms with Gasteiger partial charge in [0.05, 0.1) is 21.7 Å². The lowest BCUT2D eigenvalue weighted by atomic mass is 9.72. The minimum atomic E-state index is -6.15. The molecule has 2 atom stereocenters. The predicted molar refractivity (Wildman–Crippen MR) is 350 cm³/mol. The first-order chi connectivity index (χ1) is 43.8. The van der Waals surface area contributed by atoms with E-state index in [1.807, 2.05) is 40.0 Å². The summed E-state index contributed by atoms with van der Waals surface area (Å²) in [6, 6.07) is 21.2. The van der Waals surface area contributed by atoms with E-state index < -0.39 is 82.5 Å². The zero-order valence-electron chi connectivity index (χ0n) is 52.6. The van der Waals surface area contributed by atoms with Gasteiger partial charge in [0.2, 0.25) is 17.7 Å². The summed E-state index contributed by atoms with van der Waals surface area (Å²) >= 11 is 1.41. The maximum atomic E-state index is 14.5. The number of imide groups is 2. The van der Waals surface area contributed by atoms with Crippen LogP contribution in [0.4, 0.5) is 30.2 Å². The van der Waals surface area contributed by atoms with Gasteiger partial charge >= 0.3 is 5.51 Å². The Morgan fingerprint density at radius 1 is 0.783 bits per heavy atom. The number of allylic oxidation sites excluding steroid dienone is 2. The highest BCUT2D eigenvalue weighted by Gasteiger charge is 2.49. The monoisotopic (exact) mass is 1330 g/mol. The molecule has 4 N–H and O–H groups in total. The van der Waals surface area contributed by atoms with Crippen LogP contribution in [0, 0.1) is 5.41 Å². The Bertz CT molecular complexity index is 3650. The summed E-state index contributed by atoms with van der Waals surface area (Å²) < 4.78 is 99.8. The highest BCUT2D eigenvalue weighted by atomic mass is 32.2. The molecule has 3 fully saturated rings. The molecule has 1 unspecified atom stereocenters. The molecular weight excluding hydrogens is 1240 g/mol. The predicted octanol–water partition coefficient (Wildman–Crippen LogP) is 10.0. The number of amides is 6. The third-order valence-electron chi connectivity index (χ3n) is 18.0. The van der Waals surface area contributed by atoms with E-state index in [0.717, 1.165) is 118 Å². The molecule has 4 aromatic rings. The minimum absolute atomic E-state index is 0.0222. The molecule has 92 heavy (non-hydrogen) atoms. The number of alkyl halides is 3. The van der Waals surface area contributed by atoms with Gasteiger partial charge in [-0.3, -0.25) is 48.8 Å². The van der Waals surface area contributed by atoms with Crippen molar-refractivity contribution in [2.24, 2.45) is 5.41 Å².